The maximum absolute atomic E-state index is 14.0. The number of carbonyl (C=O) groups excluding carboxylic acids is 1. The van der Waals surface area contributed by atoms with E-state index in [2.05, 4.69) is 40.4 Å². The van der Waals surface area contributed by atoms with Crippen LogP contribution in [0, 0.1) is 5.92 Å². The van der Waals surface area contributed by atoms with E-state index in [1.807, 2.05) is 42.1 Å². The number of aromatic nitrogens is 3. The summed E-state index contributed by atoms with van der Waals surface area (Å²) in [5.41, 5.74) is 6.39. The molecule has 2 fully saturated rings. The molecular formula is C37H41N5O4. The highest BCUT2D eigenvalue weighted by atomic mass is 16.5. The first kappa shape index (κ1) is 30.0. The van der Waals surface area contributed by atoms with Crippen molar-refractivity contribution in [2.45, 2.75) is 69.4 Å². The zero-order chi connectivity index (χ0) is 32.2. The van der Waals surface area contributed by atoms with Crippen LogP contribution >= 0.6 is 0 Å². The Morgan fingerprint density at radius 3 is 2.52 bits per heavy atom. The summed E-state index contributed by atoms with van der Waals surface area (Å²) in [4.78, 5) is 37.2. The molecule has 2 unspecified atom stereocenters. The predicted octanol–water partition coefficient (Wildman–Crippen LogP) is 6.74. The third-order valence-corrected chi connectivity index (χ3v) is 10.6. The van der Waals surface area contributed by atoms with Gasteiger partial charge >= 0.3 is 5.97 Å². The number of likely N-dealkylation sites (N-methyl/N-ethyl adjacent to an activating group) is 1. The number of carboxylic acids is 1. The summed E-state index contributed by atoms with van der Waals surface area (Å²) < 4.78 is 7.57. The average Bonchev–Trinajstić information content (AvgIpc) is 3.76. The predicted molar refractivity (Wildman–Crippen MR) is 178 cm³/mol. The number of pyridine rings is 1. The number of carbonyl (C=O) groups is 2. The molecule has 2 N–H and O–H groups in total. The van der Waals surface area contributed by atoms with Gasteiger partial charge in [-0.2, -0.15) is 0 Å². The maximum Gasteiger partial charge on any atom is 0.331 e. The first-order valence-corrected chi connectivity index (χ1v) is 16.3. The van der Waals surface area contributed by atoms with Crippen molar-refractivity contribution in [2.24, 2.45) is 13.0 Å². The SMILES string of the molecule is COc1cncc(C2C(C3CCCC3)c3ccc(C(=O)NC4(c5nc6ccc(/C=C(\C)C(=O)O)cc6n5C)CCC4)cc3N2C)c1. The minimum Gasteiger partial charge on any atom is -0.495 e. The molecule has 46 heavy (non-hydrogen) atoms. The van der Waals surface area contributed by atoms with E-state index < -0.39 is 11.5 Å². The normalized spacial score (nSPS) is 20.9. The van der Waals surface area contributed by atoms with Gasteiger partial charge in [0.05, 0.1) is 35.9 Å². The molecule has 2 saturated carbocycles. The molecule has 9 nitrogen and oxygen atoms in total. The highest BCUT2D eigenvalue weighted by molar-refractivity contribution is 5.96. The van der Waals surface area contributed by atoms with Crippen molar-refractivity contribution in [2.75, 3.05) is 19.1 Å². The maximum atomic E-state index is 14.0. The third kappa shape index (κ3) is 5.02. The molecule has 2 aliphatic carbocycles. The van der Waals surface area contributed by atoms with Crippen LogP contribution in [0.5, 0.6) is 5.75 Å². The van der Waals surface area contributed by atoms with Gasteiger partial charge < -0.3 is 24.6 Å². The fourth-order valence-electron chi connectivity index (χ4n) is 8.06. The Bertz CT molecular complexity index is 1870. The zero-order valence-corrected chi connectivity index (χ0v) is 26.9. The standard InChI is InChI=1S/C37H41N5O4/c1-22(35(44)45)16-23-10-13-29-31(17-23)42(3)36(39-29)37(14-7-15-37)40-34(43)25-11-12-28-30(19-25)41(2)33(32(28)24-8-5-6-9-24)26-18-27(46-4)21-38-20-26/h10-13,16-21,24,32-33H,5-9,14-15H2,1-4H3,(H,40,43)(H,44,45)/b22-16+. The van der Waals surface area contributed by atoms with Crippen molar-refractivity contribution in [3.63, 3.8) is 0 Å². The minimum absolute atomic E-state index is 0.104. The number of amides is 1. The van der Waals surface area contributed by atoms with Crippen LogP contribution < -0.4 is 15.0 Å². The first-order valence-electron chi connectivity index (χ1n) is 16.3. The van der Waals surface area contributed by atoms with E-state index in [1.165, 1.54) is 31.2 Å². The lowest BCUT2D eigenvalue weighted by Crippen LogP contribution is -2.52. The Balaban J connectivity index is 1.20. The number of nitrogens with one attached hydrogen (secondary N) is 1. The smallest absolute Gasteiger partial charge is 0.331 e. The quantitative estimate of drug-likeness (QED) is 0.210. The van der Waals surface area contributed by atoms with Gasteiger partial charge in [0.15, 0.2) is 0 Å². The second-order valence-electron chi connectivity index (χ2n) is 13.3. The molecule has 0 bridgehead atoms. The number of aliphatic carboxylic acids is 1. The summed E-state index contributed by atoms with van der Waals surface area (Å²) in [5.74, 6) is 1.44. The summed E-state index contributed by atoms with van der Waals surface area (Å²) in [5, 5.41) is 12.7. The number of carboxylic acid groups (broad SMARTS) is 1. The fourth-order valence-corrected chi connectivity index (χ4v) is 8.06. The lowest BCUT2D eigenvalue weighted by molar-refractivity contribution is -0.132. The molecule has 238 valence electrons. The van der Waals surface area contributed by atoms with Crippen molar-refractivity contribution >= 4 is 34.7 Å². The van der Waals surface area contributed by atoms with E-state index >= 15 is 0 Å². The monoisotopic (exact) mass is 619 g/mol. The van der Waals surface area contributed by atoms with Crippen molar-refractivity contribution < 1.29 is 19.4 Å². The van der Waals surface area contributed by atoms with E-state index in [4.69, 9.17) is 9.72 Å². The number of ether oxygens (including phenoxy) is 1. The highest BCUT2D eigenvalue weighted by Gasteiger charge is 2.45. The van der Waals surface area contributed by atoms with Crippen molar-refractivity contribution in [3.8, 4) is 5.75 Å². The highest BCUT2D eigenvalue weighted by Crippen LogP contribution is 2.55. The van der Waals surface area contributed by atoms with E-state index in [9.17, 15) is 14.7 Å². The number of anilines is 1. The number of hydrogen-bond acceptors (Lipinski definition) is 6. The number of imidazole rings is 1. The van der Waals surface area contributed by atoms with Crippen molar-refractivity contribution in [1.82, 2.24) is 19.9 Å². The molecule has 1 amide bonds. The molecule has 2 aromatic heterocycles. The summed E-state index contributed by atoms with van der Waals surface area (Å²) in [6, 6.07) is 14.2. The number of methoxy groups -OCH3 is 1. The average molecular weight is 620 g/mol. The van der Waals surface area contributed by atoms with E-state index in [0.717, 1.165) is 58.7 Å². The Kier molecular flexibility index (Phi) is 7.57. The molecule has 3 heterocycles. The molecule has 1 aliphatic heterocycles. The Labute approximate surface area is 269 Å². The number of rotatable bonds is 8. The summed E-state index contributed by atoms with van der Waals surface area (Å²) >= 11 is 0. The molecule has 3 aliphatic rings. The van der Waals surface area contributed by atoms with Gasteiger partial charge in [-0.1, -0.05) is 25.0 Å². The molecule has 2 atom stereocenters. The van der Waals surface area contributed by atoms with E-state index in [-0.39, 0.29) is 17.5 Å². The number of fused-ring (bicyclic) bond motifs is 2. The molecule has 2 aromatic carbocycles. The van der Waals surface area contributed by atoms with Crippen molar-refractivity contribution in [1.29, 1.82) is 0 Å². The van der Waals surface area contributed by atoms with Crippen LogP contribution in [-0.4, -0.2) is 45.7 Å². The van der Waals surface area contributed by atoms with Gasteiger partial charge in [-0.3, -0.25) is 9.78 Å². The lowest BCUT2D eigenvalue weighted by Gasteiger charge is -2.41. The molecule has 0 spiro atoms. The molecule has 4 aromatic rings. The number of aryl methyl sites for hydroxylation is 1. The second-order valence-corrected chi connectivity index (χ2v) is 13.3. The van der Waals surface area contributed by atoms with Crippen molar-refractivity contribution in [3.05, 3.63) is 88.5 Å². The van der Waals surface area contributed by atoms with Crippen LogP contribution in [0.2, 0.25) is 0 Å². The topological polar surface area (TPSA) is 110 Å². The number of benzene rings is 2. The minimum atomic E-state index is -0.943. The molecule has 9 heteroatoms. The van der Waals surface area contributed by atoms with Crippen LogP contribution in [0.15, 0.2) is 60.4 Å². The first-order chi connectivity index (χ1) is 22.2. The number of nitrogens with zero attached hydrogens (tertiary/aromatic N) is 4. The lowest BCUT2D eigenvalue weighted by atomic mass is 9.75. The summed E-state index contributed by atoms with van der Waals surface area (Å²) in [6.45, 7) is 1.59. The Hall–Kier alpha value is -4.66. The van der Waals surface area contributed by atoms with Gasteiger partial charge in [-0.25, -0.2) is 9.78 Å². The van der Waals surface area contributed by atoms with Crippen LogP contribution in [0.4, 0.5) is 5.69 Å². The summed E-state index contributed by atoms with van der Waals surface area (Å²) in [7, 11) is 5.77. The third-order valence-electron chi connectivity index (χ3n) is 10.6. The van der Waals surface area contributed by atoms with E-state index in [0.29, 0.717) is 17.4 Å². The van der Waals surface area contributed by atoms with Gasteiger partial charge in [-0.15, -0.1) is 0 Å². The molecular weight excluding hydrogens is 578 g/mol. The zero-order valence-electron chi connectivity index (χ0n) is 26.9. The fraction of sp³-hybridized carbons (Fsp3) is 0.405. The van der Waals surface area contributed by atoms with Crippen LogP contribution in [0.1, 0.15) is 96.7 Å². The largest absolute Gasteiger partial charge is 0.495 e. The van der Waals surface area contributed by atoms with E-state index in [1.54, 1.807) is 26.3 Å². The second kappa shape index (κ2) is 11.6. The van der Waals surface area contributed by atoms with Gasteiger partial charge in [0.25, 0.3) is 5.91 Å². The van der Waals surface area contributed by atoms with Gasteiger partial charge in [-0.05, 0) is 98.0 Å². The van der Waals surface area contributed by atoms with Gasteiger partial charge in [0.1, 0.15) is 11.6 Å². The molecule has 0 radical (unpaired) electrons. The molecule has 0 saturated heterocycles. The Morgan fingerprint density at radius 2 is 1.83 bits per heavy atom. The van der Waals surface area contributed by atoms with Crippen LogP contribution in [-0.2, 0) is 17.4 Å². The van der Waals surface area contributed by atoms with Gasteiger partial charge in [0, 0.05) is 43.0 Å². The molecule has 7 rings (SSSR count). The Morgan fingerprint density at radius 1 is 1.04 bits per heavy atom. The van der Waals surface area contributed by atoms with Crippen LogP contribution in [0.3, 0.4) is 0 Å². The summed E-state index contributed by atoms with van der Waals surface area (Å²) in [6.07, 6.45) is 12.9. The van der Waals surface area contributed by atoms with Crippen LogP contribution in [0.25, 0.3) is 17.1 Å². The van der Waals surface area contributed by atoms with Gasteiger partial charge in [0.2, 0.25) is 0 Å². The number of hydrogen-bond donors (Lipinski definition) is 2.